The van der Waals surface area contributed by atoms with Crippen molar-refractivity contribution < 1.29 is 33.8 Å². The van der Waals surface area contributed by atoms with Gasteiger partial charge >= 0.3 is 12.1 Å². The van der Waals surface area contributed by atoms with Crippen LogP contribution in [0.2, 0.25) is 0 Å². The second-order valence-electron chi connectivity index (χ2n) is 13.3. The van der Waals surface area contributed by atoms with Crippen molar-refractivity contribution in [2.75, 3.05) is 11.9 Å². The number of unbranched alkanes of at least 4 members (excludes halogenated alkanes) is 1. The number of fused-ring (bicyclic) bond motifs is 1. The van der Waals surface area contributed by atoms with Crippen molar-refractivity contribution in [3.8, 4) is 11.1 Å². The average molecular weight is 631 g/mol. The molecule has 0 spiro atoms. The van der Waals surface area contributed by atoms with E-state index < -0.39 is 29.2 Å². The fourth-order valence-electron chi connectivity index (χ4n) is 5.02. The number of esters is 1. The van der Waals surface area contributed by atoms with Gasteiger partial charge in [-0.3, -0.25) is 15.3 Å². The van der Waals surface area contributed by atoms with Gasteiger partial charge in [0.1, 0.15) is 11.2 Å². The number of pyridine rings is 1. The van der Waals surface area contributed by atoms with Crippen molar-refractivity contribution in [1.82, 2.24) is 14.9 Å². The van der Waals surface area contributed by atoms with Crippen LogP contribution < -0.4 is 15.4 Å². The third-order valence-corrected chi connectivity index (χ3v) is 6.95. The number of rotatable bonds is 10. The zero-order chi connectivity index (χ0) is 33.6. The van der Waals surface area contributed by atoms with Gasteiger partial charge in [0.15, 0.2) is 0 Å². The summed E-state index contributed by atoms with van der Waals surface area (Å²) < 4.78 is 13.8. The van der Waals surface area contributed by atoms with Crippen LogP contribution in [0, 0.1) is 0 Å². The van der Waals surface area contributed by atoms with Crippen LogP contribution in [-0.4, -0.2) is 50.5 Å². The van der Waals surface area contributed by atoms with Gasteiger partial charge in [-0.15, -0.1) is 0 Å². The second kappa shape index (κ2) is 14.0. The minimum atomic E-state index is -0.673. The molecule has 1 atom stereocenters. The Morgan fingerprint density at radius 2 is 1.63 bits per heavy atom. The maximum Gasteiger partial charge on any atom is 0.407 e. The number of hydrogen-bond donors (Lipinski definition) is 3. The van der Waals surface area contributed by atoms with E-state index in [-0.39, 0.29) is 17.2 Å². The molecule has 0 radical (unpaired) electrons. The van der Waals surface area contributed by atoms with Crippen LogP contribution in [0.4, 0.5) is 10.7 Å². The monoisotopic (exact) mass is 630 g/mol. The molecule has 2 amide bonds. The lowest BCUT2D eigenvalue weighted by Gasteiger charge is -2.20. The highest BCUT2D eigenvalue weighted by molar-refractivity contribution is 6.06. The number of alkyl carbamates (subject to hydrolysis) is 1. The van der Waals surface area contributed by atoms with Gasteiger partial charge in [0, 0.05) is 34.5 Å². The Morgan fingerprint density at radius 1 is 0.935 bits per heavy atom. The summed E-state index contributed by atoms with van der Waals surface area (Å²) in [5.41, 5.74) is 2.39. The fourth-order valence-corrected chi connectivity index (χ4v) is 5.02. The van der Waals surface area contributed by atoms with E-state index >= 15 is 0 Å². The molecular weight excluding hydrogens is 586 g/mol. The first-order valence-corrected chi connectivity index (χ1v) is 15.4. The minimum Gasteiger partial charge on any atom is -0.456 e. The highest BCUT2D eigenvalue weighted by Gasteiger charge is 2.24. The van der Waals surface area contributed by atoms with Gasteiger partial charge in [0.2, 0.25) is 18.3 Å². The summed E-state index contributed by atoms with van der Waals surface area (Å²) in [4.78, 5) is 43.1. The summed E-state index contributed by atoms with van der Waals surface area (Å²) in [5, 5.41) is 15.9. The van der Waals surface area contributed by atoms with Crippen LogP contribution in [0.3, 0.4) is 0 Å². The molecular formula is C35H44N5O6+. The maximum absolute atomic E-state index is 13.6. The van der Waals surface area contributed by atoms with Crippen LogP contribution in [-0.2, 0) is 9.47 Å². The number of carbonyl (C=O) groups excluding carboxylic acids is 3. The molecule has 244 valence electrons. The normalized spacial score (nSPS) is 12.4. The van der Waals surface area contributed by atoms with Crippen molar-refractivity contribution in [2.45, 2.75) is 85.0 Å². The quantitative estimate of drug-likeness (QED) is 0.0769. The van der Waals surface area contributed by atoms with E-state index in [1.165, 1.54) is 12.3 Å². The summed E-state index contributed by atoms with van der Waals surface area (Å²) in [6, 6.07) is 15.6. The Balaban J connectivity index is 1.62. The molecule has 0 saturated heterocycles. The van der Waals surface area contributed by atoms with Gasteiger partial charge in [-0.05, 0) is 98.1 Å². The number of nitrogens with one attached hydrogen (secondary N) is 2. The Hall–Kier alpha value is -4.93. The summed E-state index contributed by atoms with van der Waals surface area (Å²) in [6.45, 7) is 13.3. The summed E-state index contributed by atoms with van der Waals surface area (Å²) in [6.07, 6.45) is 4.93. The largest absolute Gasteiger partial charge is 0.456 e. The van der Waals surface area contributed by atoms with Crippen LogP contribution >= 0.6 is 0 Å². The number of imidazole rings is 1. The zero-order valence-electron chi connectivity index (χ0n) is 27.6. The zero-order valence-corrected chi connectivity index (χ0v) is 27.6. The van der Waals surface area contributed by atoms with Gasteiger partial charge < -0.3 is 19.4 Å². The number of nitrogens with zero attached hydrogens (tertiary/aromatic N) is 3. The van der Waals surface area contributed by atoms with Gasteiger partial charge in [-0.25, -0.2) is 14.6 Å². The topological polar surface area (TPSA) is 136 Å². The first-order valence-electron chi connectivity index (χ1n) is 15.4. The van der Waals surface area contributed by atoms with E-state index in [1.807, 2.05) is 49.6 Å². The molecule has 0 bridgehead atoms. The highest BCUT2D eigenvalue weighted by atomic mass is 16.6. The lowest BCUT2D eigenvalue weighted by atomic mass is 10.0. The molecule has 3 N–H and O–H groups in total. The number of hydrogen-bond acceptors (Lipinski definition) is 7. The predicted molar refractivity (Wildman–Crippen MR) is 175 cm³/mol. The maximum atomic E-state index is 13.6. The van der Waals surface area contributed by atoms with Crippen LogP contribution in [0.5, 0.6) is 0 Å². The molecule has 4 aromatic rings. The average Bonchev–Trinajstić information content (AvgIpc) is 3.33. The van der Waals surface area contributed by atoms with Gasteiger partial charge in [-0.1, -0.05) is 18.2 Å². The van der Waals surface area contributed by atoms with Crippen molar-refractivity contribution in [2.24, 2.45) is 0 Å². The standard InChI is InChI=1S/C35H43N5O6/c1-23(13-8-9-19-36-33(43)46-35(5,6)7)40-29-27(26-16-12-20-39(44)22-26)17-11-18-28(29)37-32(40)38-30(41)24-14-10-15-25(21-24)31(42)45-34(2,3)4/h10-12,14-18,20-23H,8-9,13,19H2,1-7H3,(H2-,36,37,38,41,43,44)/p+1. The van der Waals surface area contributed by atoms with Crippen molar-refractivity contribution >= 4 is 35.0 Å². The Morgan fingerprint density at radius 3 is 2.33 bits per heavy atom. The molecule has 11 nitrogen and oxygen atoms in total. The molecule has 1 unspecified atom stereocenters. The lowest BCUT2D eigenvalue weighted by Crippen LogP contribution is -2.33. The number of para-hydroxylation sites is 1. The van der Waals surface area contributed by atoms with Crippen LogP contribution in [0.1, 0.15) is 94.5 Å². The molecule has 0 aliphatic rings. The summed E-state index contributed by atoms with van der Waals surface area (Å²) in [5.74, 6) is -0.592. The molecule has 4 rings (SSSR count). The molecule has 0 aliphatic heterocycles. The Labute approximate surface area is 269 Å². The molecule has 46 heavy (non-hydrogen) atoms. The smallest absolute Gasteiger partial charge is 0.407 e. The van der Waals surface area contributed by atoms with Crippen molar-refractivity contribution in [1.29, 1.82) is 0 Å². The Bertz CT molecular complexity index is 1720. The van der Waals surface area contributed by atoms with E-state index in [4.69, 9.17) is 14.5 Å². The van der Waals surface area contributed by atoms with Gasteiger partial charge in [0.05, 0.1) is 22.2 Å². The SMILES string of the molecule is CC(CCCCNC(=O)OC(C)(C)C)n1c(NC(=O)c2cccc(C(=O)OC(C)(C)C)c2)nc2cccc(-c3ccc[n+](O)c3)c21. The molecule has 0 fully saturated rings. The second-order valence-corrected chi connectivity index (χ2v) is 13.3. The molecule has 2 aromatic heterocycles. The number of carbonyl (C=O) groups is 3. The molecule has 2 heterocycles. The molecule has 2 aromatic carbocycles. The summed E-state index contributed by atoms with van der Waals surface area (Å²) in [7, 11) is 0. The van der Waals surface area contributed by atoms with E-state index in [2.05, 4.69) is 17.6 Å². The van der Waals surface area contributed by atoms with Crippen molar-refractivity contribution in [3.05, 3.63) is 78.1 Å². The number of amides is 2. The summed E-state index contributed by atoms with van der Waals surface area (Å²) >= 11 is 0. The van der Waals surface area contributed by atoms with Gasteiger partial charge in [0.25, 0.3) is 5.91 Å². The number of aromatic nitrogens is 3. The minimum absolute atomic E-state index is 0.110. The van der Waals surface area contributed by atoms with Gasteiger partial charge in [-0.2, -0.15) is 0 Å². The van der Waals surface area contributed by atoms with E-state index in [1.54, 1.807) is 51.2 Å². The third-order valence-electron chi connectivity index (χ3n) is 6.95. The number of ether oxygens (including phenoxy) is 2. The fraction of sp³-hybridized carbons (Fsp3) is 0.400. The van der Waals surface area contributed by atoms with E-state index in [9.17, 15) is 19.6 Å². The Kier molecular flexibility index (Phi) is 10.3. The first kappa shape index (κ1) is 34.0. The van der Waals surface area contributed by atoms with E-state index in [0.717, 1.165) is 40.6 Å². The molecule has 0 aliphatic carbocycles. The van der Waals surface area contributed by atoms with Crippen LogP contribution in [0.15, 0.2) is 67.0 Å². The van der Waals surface area contributed by atoms with Crippen LogP contribution in [0.25, 0.3) is 22.2 Å². The van der Waals surface area contributed by atoms with Crippen molar-refractivity contribution in [3.63, 3.8) is 0 Å². The lowest BCUT2D eigenvalue weighted by molar-refractivity contribution is -0.904. The number of benzene rings is 2. The molecule has 11 heteroatoms. The molecule has 0 saturated carbocycles. The number of anilines is 1. The highest BCUT2D eigenvalue weighted by Crippen LogP contribution is 2.34. The first-order chi connectivity index (χ1) is 21.6. The third kappa shape index (κ3) is 9.06. The van der Waals surface area contributed by atoms with E-state index in [0.29, 0.717) is 18.0 Å². The predicted octanol–water partition coefficient (Wildman–Crippen LogP) is 6.69.